The second kappa shape index (κ2) is 7.83. The summed E-state index contributed by atoms with van der Waals surface area (Å²) in [4.78, 5) is 7.89. The highest BCUT2D eigenvalue weighted by molar-refractivity contribution is 7.98. The fourth-order valence-electron chi connectivity index (χ4n) is 3.86. The number of thioether (sulfide) groups is 1. The van der Waals surface area contributed by atoms with Crippen molar-refractivity contribution in [1.29, 1.82) is 0 Å². The van der Waals surface area contributed by atoms with Gasteiger partial charge in [0.05, 0.1) is 18.4 Å². The van der Waals surface area contributed by atoms with Crippen LogP contribution in [0.4, 0.5) is 0 Å². The first kappa shape index (κ1) is 19.1. The summed E-state index contributed by atoms with van der Waals surface area (Å²) in [5.41, 5.74) is 2.97. The van der Waals surface area contributed by atoms with Crippen molar-refractivity contribution in [1.82, 2.24) is 29.9 Å². The maximum absolute atomic E-state index is 5.49. The summed E-state index contributed by atoms with van der Waals surface area (Å²) < 4.78 is 13.1. The van der Waals surface area contributed by atoms with Crippen molar-refractivity contribution >= 4 is 22.7 Å². The van der Waals surface area contributed by atoms with Crippen LogP contribution in [0.3, 0.4) is 0 Å². The van der Waals surface area contributed by atoms with Crippen LogP contribution in [0.2, 0.25) is 0 Å². The van der Waals surface area contributed by atoms with Gasteiger partial charge in [-0.2, -0.15) is 4.98 Å². The number of aromatic amines is 1. The van der Waals surface area contributed by atoms with Crippen molar-refractivity contribution in [2.24, 2.45) is 0 Å². The molecule has 0 aliphatic heterocycles. The minimum atomic E-state index is 0.433. The Labute approximate surface area is 188 Å². The number of benzene rings is 2. The zero-order chi connectivity index (χ0) is 21.5. The summed E-state index contributed by atoms with van der Waals surface area (Å²) in [7, 11) is 1.63. The van der Waals surface area contributed by atoms with Crippen molar-refractivity contribution in [3.05, 3.63) is 60.6 Å². The van der Waals surface area contributed by atoms with Crippen LogP contribution in [0.1, 0.15) is 24.8 Å². The molecule has 1 fully saturated rings. The lowest BCUT2D eigenvalue weighted by Crippen LogP contribution is -1.99. The quantitative estimate of drug-likeness (QED) is 0.348. The minimum Gasteiger partial charge on any atom is -0.496 e. The van der Waals surface area contributed by atoms with E-state index in [0.717, 1.165) is 45.9 Å². The van der Waals surface area contributed by atoms with Crippen LogP contribution in [0, 0.1) is 0 Å². The molecule has 0 spiro atoms. The lowest BCUT2D eigenvalue weighted by atomic mass is 10.1. The Hall–Kier alpha value is -3.59. The Bertz CT molecular complexity index is 1400. The van der Waals surface area contributed by atoms with Crippen LogP contribution in [0.5, 0.6) is 5.75 Å². The summed E-state index contributed by atoms with van der Waals surface area (Å²) in [5.74, 6) is 3.18. The smallest absolute Gasteiger partial charge is 0.237 e. The number of ether oxygens (including phenoxy) is 1. The van der Waals surface area contributed by atoms with E-state index >= 15 is 0 Å². The topological polar surface area (TPSA) is 94.7 Å². The average molecular weight is 445 g/mol. The predicted octanol–water partition coefficient (Wildman–Crippen LogP) is 5.11. The van der Waals surface area contributed by atoms with E-state index in [0.29, 0.717) is 29.3 Å². The molecule has 0 saturated heterocycles. The van der Waals surface area contributed by atoms with E-state index in [9.17, 15) is 0 Å². The molecule has 0 amide bonds. The average Bonchev–Trinajstić information content (AvgIpc) is 3.24. The molecule has 8 nitrogen and oxygen atoms in total. The fourth-order valence-corrected chi connectivity index (χ4v) is 4.70. The Morgan fingerprint density at radius 3 is 2.81 bits per heavy atom. The number of methoxy groups -OCH3 is 1. The van der Waals surface area contributed by atoms with Crippen molar-refractivity contribution < 1.29 is 9.26 Å². The third-order valence-corrected chi connectivity index (χ3v) is 6.48. The fraction of sp³-hybridized carbons (Fsp3) is 0.217. The van der Waals surface area contributed by atoms with E-state index in [2.05, 4.69) is 42.0 Å². The van der Waals surface area contributed by atoms with Crippen LogP contribution >= 0.6 is 11.8 Å². The zero-order valence-electron chi connectivity index (χ0n) is 17.4. The number of H-pyrrole nitrogens is 1. The Kier molecular flexibility index (Phi) is 4.68. The minimum absolute atomic E-state index is 0.433. The number of hydrogen-bond acceptors (Lipinski definition) is 7. The molecule has 0 unspecified atom stereocenters. The van der Waals surface area contributed by atoms with Gasteiger partial charge in [-0.3, -0.25) is 4.57 Å². The van der Waals surface area contributed by atoms with Crippen molar-refractivity contribution in [2.45, 2.75) is 29.8 Å². The second-order valence-electron chi connectivity index (χ2n) is 7.66. The van der Waals surface area contributed by atoms with Gasteiger partial charge >= 0.3 is 0 Å². The lowest BCUT2D eigenvalue weighted by molar-refractivity contribution is 0.390. The van der Waals surface area contributed by atoms with Gasteiger partial charge in [0.15, 0.2) is 11.0 Å². The van der Waals surface area contributed by atoms with E-state index in [1.165, 1.54) is 0 Å². The monoisotopic (exact) mass is 444 g/mol. The number of aromatic nitrogens is 6. The first-order chi connectivity index (χ1) is 15.8. The first-order valence-corrected chi connectivity index (χ1v) is 11.4. The van der Waals surface area contributed by atoms with Gasteiger partial charge in [-0.05, 0) is 31.0 Å². The zero-order valence-corrected chi connectivity index (χ0v) is 18.2. The molecule has 0 radical (unpaired) electrons. The molecule has 6 rings (SSSR count). The number of nitrogens with zero attached hydrogens (tertiary/aromatic N) is 5. The largest absolute Gasteiger partial charge is 0.496 e. The Morgan fingerprint density at radius 2 is 1.94 bits per heavy atom. The van der Waals surface area contributed by atoms with Gasteiger partial charge in [0.2, 0.25) is 11.7 Å². The first-order valence-electron chi connectivity index (χ1n) is 10.4. The number of para-hydroxylation sites is 2. The van der Waals surface area contributed by atoms with E-state index in [1.807, 2.05) is 42.6 Å². The highest BCUT2D eigenvalue weighted by Crippen LogP contribution is 2.42. The molecule has 2 aromatic carbocycles. The standard InChI is InChI=1S/C23H20N6O2S/c1-30-19-9-5-3-7-16(19)21-25-20(31-28-21)13-32-23-27-26-22(29(23)14-10-11-14)17-12-24-18-8-4-2-6-15(17)18/h2-9,12,14,24H,10-11,13H2,1H3. The molecule has 1 saturated carbocycles. The van der Waals surface area contributed by atoms with E-state index in [4.69, 9.17) is 9.26 Å². The number of rotatable bonds is 7. The highest BCUT2D eigenvalue weighted by Gasteiger charge is 2.31. The maximum atomic E-state index is 5.49. The Morgan fingerprint density at radius 1 is 1.09 bits per heavy atom. The highest BCUT2D eigenvalue weighted by atomic mass is 32.2. The second-order valence-corrected chi connectivity index (χ2v) is 8.60. The number of fused-ring (bicyclic) bond motifs is 1. The van der Waals surface area contributed by atoms with Crippen molar-refractivity contribution in [3.63, 3.8) is 0 Å². The lowest BCUT2D eigenvalue weighted by Gasteiger charge is -2.07. The summed E-state index contributed by atoms with van der Waals surface area (Å²) in [5, 5.41) is 15.2. The number of nitrogens with one attached hydrogen (secondary N) is 1. The normalized spacial score (nSPS) is 13.7. The molecular weight excluding hydrogens is 424 g/mol. The molecular formula is C23H20N6O2S. The summed E-state index contributed by atoms with van der Waals surface area (Å²) in [6, 6.07) is 16.3. The summed E-state index contributed by atoms with van der Waals surface area (Å²) >= 11 is 1.56. The van der Waals surface area contributed by atoms with Crippen LogP contribution < -0.4 is 4.74 Å². The predicted molar refractivity (Wildman–Crippen MR) is 121 cm³/mol. The van der Waals surface area contributed by atoms with Gasteiger partial charge < -0.3 is 14.2 Å². The van der Waals surface area contributed by atoms with Crippen molar-refractivity contribution in [3.8, 4) is 28.5 Å². The molecule has 0 atom stereocenters. The molecule has 1 aliphatic rings. The molecule has 32 heavy (non-hydrogen) atoms. The van der Waals surface area contributed by atoms with Crippen LogP contribution in [-0.2, 0) is 5.75 Å². The van der Waals surface area contributed by atoms with Gasteiger partial charge in [0.1, 0.15) is 5.75 Å². The van der Waals surface area contributed by atoms with Crippen molar-refractivity contribution in [2.75, 3.05) is 7.11 Å². The van der Waals surface area contributed by atoms with E-state index in [1.54, 1.807) is 18.9 Å². The van der Waals surface area contributed by atoms with Gasteiger partial charge in [0.25, 0.3) is 0 Å². The molecule has 5 aromatic rings. The molecule has 0 bridgehead atoms. The Balaban J connectivity index is 1.27. The van der Waals surface area contributed by atoms with E-state index in [-0.39, 0.29) is 0 Å². The summed E-state index contributed by atoms with van der Waals surface area (Å²) in [6.07, 6.45) is 4.29. The van der Waals surface area contributed by atoms with Crippen LogP contribution in [-0.4, -0.2) is 37.0 Å². The SMILES string of the molecule is COc1ccccc1-c1noc(CSc2nnc(-c3c[nH]c4ccccc34)n2C2CC2)n1. The summed E-state index contributed by atoms with van der Waals surface area (Å²) in [6.45, 7) is 0. The maximum Gasteiger partial charge on any atom is 0.237 e. The van der Waals surface area contributed by atoms with Gasteiger partial charge in [-0.1, -0.05) is 47.3 Å². The third kappa shape index (κ3) is 3.34. The molecule has 1 aliphatic carbocycles. The molecule has 3 aromatic heterocycles. The molecule has 160 valence electrons. The van der Waals surface area contributed by atoms with Gasteiger partial charge in [-0.15, -0.1) is 10.2 Å². The van der Waals surface area contributed by atoms with Crippen LogP contribution in [0.15, 0.2) is 64.4 Å². The van der Waals surface area contributed by atoms with Gasteiger partial charge in [0, 0.05) is 28.7 Å². The third-order valence-electron chi connectivity index (χ3n) is 5.55. The molecule has 3 heterocycles. The molecule has 1 N–H and O–H groups in total. The van der Waals surface area contributed by atoms with Crippen LogP contribution in [0.25, 0.3) is 33.7 Å². The molecule has 9 heteroatoms. The van der Waals surface area contributed by atoms with E-state index < -0.39 is 0 Å². The van der Waals surface area contributed by atoms with Gasteiger partial charge in [-0.25, -0.2) is 0 Å². The number of hydrogen-bond donors (Lipinski definition) is 1.